The van der Waals surface area contributed by atoms with E-state index >= 15 is 0 Å². The number of rotatable bonds is 7. The van der Waals surface area contributed by atoms with Gasteiger partial charge in [0.25, 0.3) is 0 Å². The fourth-order valence-electron chi connectivity index (χ4n) is 2.65. The van der Waals surface area contributed by atoms with Crippen LogP contribution < -0.4 is 11.3 Å². The molecule has 1 aromatic carbocycles. The SMILES string of the molecule is CCCC(OCC)C(NN)c1cccc2ccncc12. The second kappa shape index (κ2) is 7.33. The fraction of sp³-hybridized carbons (Fsp3) is 0.438. The second-order valence-corrected chi connectivity index (χ2v) is 4.87. The van der Waals surface area contributed by atoms with Crippen molar-refractivity contribution in [3.63, 3.8) is 0 Å². The Morgan fingerprint density at radius 2 is 2.15 bits per heavy atom. The van der Waals surface area contributed by atoms with Gasteiger partial charge in [0.15, 0.2) is 0 Å². The summed E-state index contributed by atoms with van der Waals surface area (Å²) in [4.78, 5) is 4.23. The van der Waals surface area contributed by atoms with Gasteiger partial charge in [-0.3, -0.25) is 16.3 Å². The van der Waals surface area contributed by atoms with Crippen LogP contribution in [0.15, 0.2) is 36.7 Å². The molecule has 0 aliphatic rings. The highest BCUT2D eigenvalue weighted by atomic mass is 16.5. The lowest BCUT2D eigenvalue weighted by Gasteiger charge is -2.27. The molecule has 1 heterocycles. The molecule has 0 spiro atoms. The van der Waals surface area contributed by atoms with E-state index in [4.69, 9.17) is 10.6 Å². The van der Waals surface area contributed by atoms with Gasteiger partial charge in [0.1, 0.15) is 0 Å². The molecule has 108 valence electrons. The number of hydrogen-bond acceptors (Lipinski definition) is 4. The van der Waals surface area contributed by atoms with Crippen molar-refractivity contribution in [2.24, 2.45) is 5.84 Å². The quantitative estimate of drug-likeness (QED) is 0.601. The van der Waals surface area contributed by atoms with E-state index in [9.17, 15) is 0 Å². The third kappa shape index (κ3) is 3.15. The number of nitrogens with one attached hydrogen (secondary N) is 1. The molecular weight excluding hydrogens is 250 g/mol. The second-order valence-electron chi connectivity index (χ2n) is 4.87. The topological polar surface area (TPSA) is 60.2 Å². The number of nitrogens with zero attached hydrogens (tertiary/aromatic N) is 1. The van der Waals surface area contributed by atoms with Gasteiger partial charge in [-0.25, -0.2) is 0 Å². The zero-order chi connectivity index (χ0) is 14.4. The Hall–Kier alpha value is -1.49. The standard InChI is InChI=1S/C16H23N3O/c1-3-6-15(20-4-2)16(19-17)13-8-5-7-12-9-10-18-11-14(12)13/h5,7-11,15-16,19H,3-4,6,17H2,1-2H3. The fourth-order valence-corrected chi connectivity index (χ4v) is 2.65. The average Bonchev–Trinajstić information content (AvgIpc) is 2.49. The molecule has 20 heavy (non-hydrogen) atoms. The van der Waals surface area contributed by atoms with Gasteiger partial charge in [-0.1, -0.05) is 31.5 Å². The predicted molar refractivity (Wildman–Crippen MR) is 82.1 cm³/mol. The highest BCUT2D eigenvalue weighted by Crippen LogP contribution is 2.28. The Bertz CT molecular complexity index is 533. The first kappa shape index (κ1) is 14.9. The highest BCUT2D eigenvalue weighted by Gasteiger charge is 2.23. The summed E-state index contributed by atoms with van der Waals surface area (Å²) in [6.45, 7) is 4.86. The molecule has 2 rings (SSSR count). The van der Waals surface area contributed by atoms with Crippen LogP contribution in [0, 0.1) is 0 Å². The molecule has 2 atom stereocenters. The van der Waals surface area contributed by atoms with Crippen molar-refractivity contribution in [2.45, 2.75) is 38.8 Å². The van der Waals surface area contributed by atoms with Crippen LogP contribution in [0.4, 0.5) is 0 Å². The van der Waals surface area contributed by atoms with Gasteiger partial charge in [-0.05, 0) is 30.4 Å². The number of fused-ring (bicyclic) bond motifs is 1. The number of hydrogen-bond donors (Lipinski definition) is 2. The van der Waals surface area contributed by atoms with E-state index in [1.807, 2.05) is 25.4 Å². The number of hydrazine groups is 1. The van der Waals surface area contributed by atoms with E-state index in [0.717, 1.165) is 23.8 Å². The molecule has 0 radical (unpaired) electrons. The third-order valence-corrected chi connectivity index (χ3v) is 3.56. The Kier molecular flexibility index (Phi) is 5.47. The third-order valence-electron chi connectivity index (χ3n) is 3.56. The lowest BCUT2D eigenvalue weighted by Crippen LogP contribution is -2.38. The van der Waals surface area contributed by atoms with Crippen molar-refractivity contribution in [1.29, 1.82) is 0 Å². The minimum Gasteiger partial charge on any atom is -0.376 e. The summed E-state index contributed by atoms with van der Waals surface area (Å²) in [6.07, 6.45) is 5.80. The first-order valence-electron chi connectivity index (χ1n) is 7.22. The van der Waals surface area contributed by atoms with E-state index in [-0.39, 0.29) is 12.1 Å². The first-order chi connectivity index (χ1) is 9.81. The van der Waals surface area contributed by atoms with E-state index in [1.165, 1.54) is 5.39 Å². The smallest absolute Gasteiger partial charge is 0.0782 e. The summed E-state index contributed by atoms with van der Waals surface area (Å²) < 4.78 is 5.88. The lowest BCUT2D eigenvalue weighted by molar-refractivity contribution is 0.0279. The average molecular weight is 273 g/mol. The van der Waals surface area contributed by atoms with Crippen molar-refractivity contribution < 1.29 is 4.74 Å². The molecule has 0 amide bonds. The number of nitrogens with two attached hydrogens (primary N) is 1. The van der Waals surface area contributed by atoms with E-state index in [1.54, 1.807) is 0 Å². The molecule has 0 aliphatic carbocycles. The highest BCUT2D eigenvalue weighted by molar-refractivity contribution is 5.85. The largest absolute Gasteiger partial charge is 0.376 e. The molecule has 3 N–H and O–H groups in total. The monoisotopic (exact) mass is 273 g/mol. The maximum Gasteiger partial charge on any atom is 0.0782 e. The van der Waals surface area contributed by atoms with Crippen molar-refractivity contribution in [3.8, 4) is 0 Å². The summed E-state index contributed by atoms with van der Waals surface area (Å²) in [6, 6.07) is 8.22. The summed E-state index contributed by atoms with van der Waals surface area (Å²) in [7, 11) is 0. The van der Waals surface area contributed by atoms with Crippen LogP contribution >= 0.6 is 0 Å². The maximum absolute atomic E-state index is 5.88. The molecule has 0 saturated carbocycles. The summed E-state index contributed by atoms with van der Waals surface area (Å²) in [5.74, 6) is 5.81. The summed E-state index contributed by atoms with van der Waals surface area (Å²) in [5, 5.41) is 2.29. The van der Waals surface area contributed by atoms with Crippen LogP contribution in [-0.2, 0) is 4.74 Å². The molecule has 0 bridgehead atoms. The predicted octanol–water partition coefficient (Wildman–Crippen LogP) is 2.94. The Morgan fingerprint density at radius 1 is 1.30 bits per heavy atom. The van der Waals surface area contributed by atoms with Gasteiger partial charge in [0, 0.05) is 24.4 Å². The van der Waals surface area contributed by atoms with Crippen molar-refractivity contribution in [2.75, 3.05) is 6.61 Å². The Labute approximate surface area is 120 Å². The number of benzene rings is 1. The van der Waals surface area contributed by atoms with Gasteiger partial charge in [-0.2, -0.15) is 0 Å². The molecule has 4 heteroatoms. The van der Waals surface area contributed by atoms with Crippen molar-refractivity contribution >= 4 is 10.8 Å². The van der Waals surface area contributed by atoms with Gasteiger partial charge in [0.2, 0.25) is 0 Å². The van der Waals surface area contributed by atoms with Crippen LogP contribution in [0.1, 0.15) is 38.3 Å². The van der Waals surface area contributed by atoms with Gasteiger partial charge < -0.3 is 4.74 Å². The van der Waals surface area contributed by atoms with Crippen LogP contribution in [-0.4, -0.2) is 17.7 Å². The zero-order valence-corrected chi connectivity index (χ0v) is 12.2. The Morgan fingerprint density at radius 3 is 2.85 bits per heavy atom. The van der Waals surface area contributed by atoms with E-state index in [2.05, 4.69) is 35.5 Å². The Balaban J connectivity index is 2.42. The normalized spacial score (nSPS) is 14.3. The first-order valence-corrected chi connectivity index (χ1v) is 7.22. The molecule has 2 unspecified atom stereocenters. The molecular formula is C16H23N3O. The minimum absolute atomic E-state index is 0.0252. The zero-order valence-electron chi connectivity index (χ0n) is 12.2. The minimum atomic E-state index is -0.0252. The van der Waals surface area contributed by atoms with Crippen molar-refractivity contribution in [3.05, 3.63) is 42.2 Å². The molecule has 0 aliphatic heterocycles. The number of ether oxygens (including phenoxy) is 1. The van der Waals surface area contributed by atoms with Crippen LogP contribution in [0.25, 0.3) is 10.8 Å². The van der Waals surface area contributed by atoms with E-state index < -0.39 is 0 Å². The van der Waals surface area contributed by atoms with E-state index in [0.29, 0.717) is 6.61 Å². The summed E-state index contributed by atoms with van der Waals surface area (Å²) >= 11 is 0. The number of pyridine rings is 1. The summed E-state index contributed by atoms with van der Waals surface area (Å²) in [5.41, 5.74) is 4.07. The van der Waals surface area contributed by atoms with Crippen LogP contribution in [0.3, 0.4) is 0 Å². The number of aromatic nitrogens is 1. The van der Waals surface area contributed by atoms with Gasteiger partial charge in [-0.15, -0.1) is 0 Å². The van der Waals surface area contributed by atoms with Gasteiger partial charge in [0.05, 0.1) is 12.1 Å². The molecule has 2 aromatic rings. The lowest BCUT2D eigenvalue weighted by atomic mass is 9.94. The molecule has 1 aromatic heterocycles. The van der Waals surface area contributed by atoms with Crippen molar-refractivity contribution in [1.82, 2.24) is 10.4 Å². The molecule has 0 saturated heterocycles. The molecule has 4 nitrogen and oxygen atoms in total. The molecule has 0 fully saturated rings. The van der Waals surface area contributed by atoms with Crippen LogP contribution in [0.2, 0.25) is 0 Å². The van der Waals surface area contributed by atoms with Crippen LogP contribution in [0.5, 0.6) is 0 Å². The maximum atomic E-state index is 5.88. The van der Waals surface area contributed by atoms with Gasteiger partial charge >= 0.3 is 0 Å².